The van der Waals surface area contributed by atoms with Gasteiger partial charge in [-0.1, -0.05) is 26.0 Å². The molecule has 0 unspecified atom stereocenters. The van der Waals surface area contributed by atoms with Gasteiger partial charge < -0.3 is 5.32 Å². The Balaban J connectivity index is 2.01. The molecule has 0 saturated carbocycles. The number of fused-ring (bicyclic) bond motifs is 1. The van der Waals surface area contributed by atoms with Crippen molar-refractivity contribution < 1.29 is 4.79 Å². The first kappa shape index (κ1) is 17.9. The highest BCUT2D eigenvalue weighted by Gasteiger charge is 2.12. The summed E-state index contributed by atoms with van der Waals surface area (Å²) in [5.41, 5.74) is 3.01. The molecular weight excluding hydrogens is 326 g/mol. The third-order valence-corrected chi connectivity index (χ3v) is 4.28. The van der Waals surface area contributed by atoms with E-state index in [4.69, 9.17) is 0 Å². The molecular formula is C21H23N3O2. The van der Waals surface area contributed by atoms with Crippen LogP contribution in [0.1, 0.15) is 31.7 Å². The lowest BCUT2D eigenvalue weighted by Gasteiger charge is -2.14. The number of anilines is 1. The highest BCUT2D eigenvalue weighted by atomic mass is 16.1. The summed E-state index contributed by atoms with van der Waals surface area (Å²) in [5, 5.41) is 3.53. The van der Waals surface area contributed by atoms with Crippen LogP contribution in [-0.4, -0.2) is 15.5 Å². The van der Waals surface area contributed by atoms with Gasteiger partial charge >= 0.3 is 0 Å². The number of benzene rings is 2. The summed E-state index contributed by atoms with van der Waals surface area (Å²) in [5.74, 6) is 0.931. The van der Waals surface area contributed by atoms with Gasteiger partial charge in [-0.15, -0.1) is 0 Å². The van der Waals surface area contributed by atoms with E-state index in [1.807, 2.05) is 64.1 Å². The Kier molecular flexibility index (Phi) is 4.89. The average Bonchev–Trinajstić information content (AvgIpc) is 2.56. The maximum Gasteiger partial charge on any atom is 0.265 e. The minimum atomic E-state index is -0.0934. The number of nitrogens with one attached hydrogen (secondary N) is 1. The number of aryl methyl sites for hydroxylation is 2. The zero-order chi connectivity index (χ0) is 18.8. The number of carbonyl (C=O) groups is 1. The van der Waals surface area contributed by atoms with E-state index in [0.29, 0.717) is 29.1 Å². The van der Waals surface area contributed by atoms with Crippen LogP contribution in [0.4, 0.5) is 5.69 Å². The van der Waals surface area contributed by atoms with E-state index in [1.165, 1.54) is 0 Å². The number of para-hydroxylation sites is 1. The molecule has 26 heavy (non-hydrogen) atoms. The molecule has 2 aromatic carbocycles. The first-order valence-electron chi connectivity index (χ1n) is 8.76. The summed E-state index contributed by atoms with van der Waals surface area (Å²) in [4.78, 5) is 29.4. The van der Waals surface area contributed by atoms with Crippen molar-refractivity contribution in [3.05, 3.63) is 64.2 Å². The van der Waals surface area contributed by atoms with Crippen LogP contribution in [0.2, 0.25) is 0 Å². The van der Waals surface area contributed by atoms with E-state index in [-0.39, 0.29) is 11.5 Å². The largest absolute Gasteiger partial charge is 0.326 e. The van der Waals surface area contributed by atoms with Gasteiger partial charge in [0.05, 0.1) is 16.6 Å². The molecule has 1 N–H and O–H groups in total. The molecule has 0 aliphatic carbocycles. The van der Waals surface area contributed by atoms with E-state index in [2.05, 4.69) is 10.3 Å². The molecule has 5 nitrogen and oxygen atoms in total. The van der Waals surface area contributed by atoms with Gasteiger partial charge in [-0.3, -0.25) is 14.2 Å². The average molecular weight is 349 g/mol. The number of carbonyl (C=O) groups excluding carboxylic acids is 1. The lowest BCUT2D eigenvalue weighted by molar-refractivity contribution is -0.116. The van der Waals surface area contributed by atoms with E-state index in [9.17, 15) is 9.59 Å². The molecule has 0 radical (unpaired) electrons. The Hall–Kier alpha value is -2.95. The van der Waals surface area contributed by atoms with Crippen molar-refractivity contribution >= 4 is 22.5 Å². The van der Waals surface area contributed by atoms with E-state index in [1.54, 1.807) is 10.6 Å². The number of nitrogens with zero attached hydrogens (tertiary/aromatic N) is 2. The number of rotatable bonds is 4. The summed E-state index contributed by atoms with van der Waals surface area (Å²) in [6.07, 6.45) is 0.481. The van der Waals surface area contributed by atoms with Crippen LogP contribution in [0.25, 0.3) is 16.6 Å². The minimum absolute atomic E-state index is 0.00318. The molecule has 0 aliphatic rings. The van der Waals surface area contributed by atoms with Gasteiger partial charge in [-0.2, -0.15) is 0 Å². The molecule has 1 amide bonds. The number of hydrogen-bond donors (Lipinski definition) is 1. The van der Waals surface area contributed by atoms with Gasteiger partial charge in [0.2, 0.25) is 5.91 Å². The highest BCUT2D eigenvalue weighted by Crippen LogP contribution is 2.20. The third kappa shape index (κ3) is 3.52. The minimum Gasteiger partial charge on any atom is -0.326 e. The summed E-state index contributed by atoms with van der Waals surface area (Å²) >= 11 is 0. The van der Waals surface area contributed by atoms with E-state index in [0.717, 1.165) is 16.9 Å². The van der Waals surface area contributed by atoms with Gasteiger partial charge in [0.1, 0.15) is 5.82 Å². The predicted molar refractivity (Wildman–Crippen MR) is 105 cm³/mol. The molecule has 0 fully saturated rings. The SMILES string of the molecule is Cc1cc(-n2c(C)nc3ccccc3c2=O)ccc1NC(=O)CC(C)C. The monoisotopic (exact) mass is 349 g/mol. The Labute approximate surface area is 152 Å². The van der Waals surface area contributed by atoms with Gasteiger partial charge in [0.15, 0.2) is 0 Å². The van der Waals surface area contributed by atoms with E-state index >= 15 is 0 Å². The molecule has 0 saturated heterocycles. The van der Waals surface area contributed by atoms with Crippen molar-refractivity contribution in [1.29, 1.82) is 0 Å². The van der Waals surface area contributed by atoms with Crippen molar-refractivity contribution in [2.75, 3.05) is 5.32 Å². The lowest BCUT2D eigenvalue weighted by Crippen LogP contribution is -2.22. The van der Waals surface area contributed by atoms with Crippen LogP contribution in [-0.2, 0) is 4.79 Å². The van der Waals surface area contributed by atoms with Crippen LogP contribution in [0, 0.1) is 19.8 Å². The second-order valence-electron chi connectivity index (χ2n) is 6.96. The smallest absolute Gasteiger partial charge is 0.265 e. The standard InChI is InChI=1S/C21H23N3O2/c1-13(2)11-20(25)23-18-10-9-16(12-14(18)3)24-15(4)22-19-8-6-5-7-17(19)21(24)26/h5-10,12-13H,11H2,1-4H3,(H,23,25). The molecule has 0 atom stereocenters. The second-order valence-corrected chi connectivity index (χ2v) is 6.96. The van der Waals surface area contributed by atoms with Gasteiger partial charge in [-0.05, 0) is 55.7 Å². The predicted octanol–water partition coefficient (Wildman–Crippen LogP) is 3.99. The fourth-order valence-corrected chi connectivity index (χ4v) is 3.05. The lowest BCUT2D eigenvalue weighted by atomic mass is 10.1. The summed E-state index contributed by atoms with van der Waals surface area (Å²) in [6.45, 7) is 7.76. The van der Waals surface area contributed by atoms with E-state index < -0.39 is 0 Å². The third-order valence-electron chi connectivity index (χ3n) is 4.28. The van der Waals surface area contributed by atoms with Crippen molar-refractivity contribution in [3.63, 3.8) is 0 Å². The quantitative estimate of drug-likeness (QED) is 0.775. The number of aromatic nitrogens is 2. The van der Waals surface area contributed by atoms with Crippen LogP contribution >= 0.6 is 0 Å². The summed E-state index contributed by atoms with van der Waals surface area (Å²) in [7, 11) is 0. The number of amides is 1. The Bertz CT molecular complexity index is 1040. The highest BCUT2D eigenvalue weighted by molar-refractivity contribution is 5.91. The first-order chi connectivity index (χ1) is 12.4. The zero-order valence-corrected chi connectivity index (χ0v) is 15.5. The molecule has 3 aromatic rings. The van der Waals surface area contributed by atoms with Gasteiger partial charge in [0.25, 0.3) is 5.56 Å². The van der Waals surface area contributed by atoms with Crippen molar-refractivity contribution in [2.45, 2.75) is 34.1 Å². The molecule has 1 heterocycles. The molecule has 5 heteroatoms. The summed E-state index contributed by atoms with van der Waals surface area (Å²) < 4.78 is 1.61. The van der Waals surface area contributed by atoms with Crippen molar-refractivity contribution in [2.24, 2.45) is 5.92 Å². The fourth-order valence-electron chi connectivity index (χ4n) is 3.05. The fraction of sp³-hybridized carbons (Fsp3) is 0.286. The van der Waals surface area contributed by atoms with Crippen LogP contribution < -0.4 is 10.9 Å². The maximum atomic E-state index is 12.9. The molecule has 0 spiro atoms. The van der Waals surface area contributed by atoms with Gasteiger partial charge in [-0.25, -0.2) is 4.98 Å². The van der Waals surface area contributed by atoms with Gasteiger partial charge in [0, 0.05) is 12.1 Å². The molecule has 3 rings (SSSR count). The topological polar surface area (TPSA) is 64.0 Å². The first-order valence-corrected chi connectivity index (χ1v) is 8.76. The second kappa shape index (κ2) is 7.12. The Morgan fingerprint density at radius 3 is 2.58 bits per heavy atom. The summed E-state index contributed by atoms with van der Waals surface area (Å²) in [6, 6.07) is 12.9. The van der Waals surface area contributed by atoms with Crippen LogP contribution in [0.15, 0.2) is 47.3 Å². The zero-order valence-electron chi connectivity index (χ0n) is 15.5. The molecule has 0 bridgehead atoms. The molecule has 1 aromatic heterocycles. The molecule has 134 valence electrons. The van der Waals surface area contributed by atoms with Crippen molar-refractivity contribution in [1.82, 2.24) is 9.55 Å². The maximum absolute atomic E-state index is 12.9. The molecule has 0 aliphatic heterocycles. The van der Waals surface area contributed by atoms with Crippen molar-refractivity contribution in [3.8, 4) is 5.69 Å². The Morgan fingerprint density at radius 2 is 1.88 bits per heavy atom. The Morgan fingerprint density at radius 1 is 1.15 bits per heavy atom. The normalized spacial score (nSPS) is 11.1. The van der Waals surface area contributed by atoms with Crippen LogP contribution in [0.3, 0.4) is 0 Å². The van der Waals surface area contributed by atoms with Crippen LogP contribution in [0.5, 0.6) is 0 Å². The number of hydrogen-bond acceptors (Lipinski definition) is 3.